The summed E-state index contributed by atoms with van der Waals surface area (Å²) in [6, 6.07) is 8.05. The zero-order valence-electron chi connectivity index (χ0n) is 18.4. The number of nitrogens with one attached hydrogen (secondary N) is 2. The van der Waals surface area contributed by atoms with Gasteiger partial charge in [-0.15, -0.1) is 11.3 Å². The molecular weight excluding hydrogens is 444 g/mol. The molecule has 0 radical (unpaired) electrons. The standard InChI is InChI=1S/C24H26N2O6S/c1-30-12-4-11-25-23(29)22-17-5-2-3-6-19(17)33-24(22)26-20(27)14-31-16-9-7-15-8-10-21(28)32-18(15)13-16/h7-10,13H,2-6,11-12,14H2,1H3,(H,25,29)(H,26,27). The highest BCUT2D eigenvalue weighted by atomic mass is 32.1. The first-order chi connectivity index (χ1) is 16.0. The number of carbonyl (C=O) groups excluding carboxylic acids is 2. The third-order valence-corrected chi connectivity index (χ3v) is 6.63. The van der Waals surface area contributed by atoms with Crippen LogP contribution in [-0.4, -0.2) is 38.7 Å². The van der Waals surface area contributed by atoms with Crippen molar-refractivity contribution >= 4 is 39.1 Å². The Labute approximate surface area is 194 Å². The van der Waals surface area contributed by atoms with Gasteiger partial charge in [0.15, 0.2) is 6.61 Å². The predicted octanol–water partition coefficient (Wildman–Crippen LogP) is 3.52. The summed E-state index contributed by atoms with van der Waals surface area (Å²) in [6.07, 6.45) is 4.58. The van der Waals surface area contributed by atoms with Crippen molar-refractivity contribution in [3.8, 4) is 5.75 Å². The third-order valence-electron chi connectivity index (χ3n) is 5.43. The number of rotatable bonds is 9. The number of aryl methyl sites for hydroxylation is 1. The normalized spacial score (nSPS) is 12.9. The largest absolute Gasteiger partial charge is 0.484 e. The van der Waals surface area contributed by atoms with E-state index in [1.165, 1.54) is 17.4 Å². The molecular formula is C24H26N2O6S. The average Bonchev–Trinajstić information content (AvgIpc) is 3.17. The molecule has 4 rings (SSSR count). The van der Waals surface area contributed by atoms with Crippen LogP contribution in [0.15, 0.2) is 39.5 Å². The molecule has 0 spiro atoms. The molecule has 0 fully saturated rings. The molecule has 33 heavy (non-hydrogen) atoms. The SMILES string of the molecule is COCCCNC(=O)c1c(NC(=O)COc2ccc3ccc(=O)oc3c2)sc2c1CCCC2. The van der Waals surface area contributed by atoms with Gasteiger partial charge in [-0.25, -0.2) is 4.79 Å². The number of fused-ring (bicyclic) bond motifs is 2. The van der Waals surface area contributed by atoms with Crippen LogP contribution in [-0.2, 0) is 22.4 Å². The second-order valence-electron chi connectivity index (χ2n) is 7.81. The molecule has 1 aromatic carbocycles. The van der Waals surface area contributed by atoms with Crippen LogP contribution in [0, 0.1) is 0 Å². The van der Waals surface area contributed by atoms with Crippen LogP contribution >= 0.6 is 11.3 Å². The Morgan fingerprint density at radius 3 is 2.82 bits per heavy atom. The van der Waals surface area contributed by atoms with E-state index in [0.717, 1.165) is 47.9 Å². The Bertz CT molecular complexity index is 1220. The van der Waals surface area contributed by atoms with E-state index in [1.807, 2.05) is 0 Å². The van der Waals surface area contributed by atoms with Gasteiger partial charge in [0.25, 0.3) is 11.8 Å². The maximum absolute atomic E-state index is 12.9. The minimum absolute atomic E-state index is 0.175. The number of hydrogen-bond acceptors (Lipinski definition) is 7. The molecule has 1 aliphatic carbocycles. The van der Waals surface area contributed by atoms with Gasteiger partial charge in [0.2, 0.25) is 0 Å². The number of benzene rings is 1. The highest BCUT2D eigenvalue weighted by Crippen LogP contribution is 2.38. The molecule has 0 saturated carbocycles. The minimum Gasteiger partial charge on any atom is -0.484 e. The molecule has 3 aromatic rings. The maximum Gasteiger partial charge on any atom is 0.336 e. The Kier molecular flexibility index (Phi) is 7.41. The number of hydrogen-bond donors (Lipinski definition) is 2. The van der Waals surface area contributed by atoms with Crippen LogP contribution < -0.4 is 21.0 Å². The number of anilines is 1. The fraction of sp³-hybridized carbons (Fsp3) is 0.375. The minimum atomic E-state index is -0.452. The van der Waals surface area contributed by atoms with Gasteiger partial charge in [0.1, 0.15) is 16.3 Å². The lowest BCUT2D eigenvalue weighted by Gasteiger charge is -2.13. The van der Waals surface area contributed by atoms with Gasteiger partial charge in [-0.1, -0.05) is 0 Å². The zero-order chi connectivity index (χ0) is 23.2. The zero-order valence-corrected chi connectivity index (χ0v) is 19.2. The topological polar surface area (TPSA) is 107 Å². The van der Waals surface area contributed by atoms with Crippen molar-refractivity contribution in [2.45, 2.75) is 32.1 Å². The number of methoxy groups -OCH3 is 1. The van der Waals surface area contributed by atoms with Gasteiger partial charge in [-0.3, -0.25) is 9.59 Å². The molecule has 2 N–H and O–H groups in total. The highest BCUT2D eigenvalue weighted by molar-refractivity contribution is 7.17. The highest BCUT2D eigenvalue weighted by Gasteiger charge is 2.26. The molecule has 9 heteroatoms. The second-order valence-corrected chi connectivity index (χ2v) is 8.91. The van der Waals surface area contributed by atoms with Crippen molar-refractivity contribution in [3.63, 3.8) is 0 Å². The van der Waals surface area contributed by atoms with Crippen molar-refractivity contribution in [1.82, 2.24) is 5.32 Å². The van der Waals surface area contributed by atoms with E-state index in [4.69, 9.17) is 13.9 Å². The summed E-state index contributed by atoms with van der Waals surface area (Å²) in [4.78, 5) is 38.1. The first-order valence-corrected chi connectivity index (χ1v) is 11.7. The quantitative estimate of drug-likeness (QED) is 0.366. The number of amides is 2. The number of ether oxygens (including phenoxy) is 2. The molecule has 174 valence electrons. The van der Waals surface area contributed by atoms with Gasteiger partial charge < -0.3 is 24.5 Å². The first-order valence-electron chi connectivity index (χ1n) is 10.9. The summed E-state index contributed by atoms with van der Waals surface area (Å²) in [5, 5.41) is 7.12. The van der Waals surface area contributed by atoms with Gasteiger partial charge in [-0.05, 0) is 55.9 Å². The summed E-state index contributed by atoms with van der Waals surface area (Å²) in [7, 11) is 1.63. The Morgan fingerprint density at radius 1 is 1.15 bits per heavy atom. The van der Waals surface area contributed by atoms with Crippen molar-refractivity contribution < 1.29 is 23.5 Å². The monoisotopic (exact) mass is 470 g/mol. The molecule has 0 bridgehead atoms. The Morgan fingerprint density at radius 2 is 1.97 bits per heavy atom. The molecule has 0 aliphatic heterocycles. The van der Waals surface area contributed by atoms with E-state index >= 15 is 0 Å². The van der Waals surface area contributed by atoms with Gasteiger partial charge in [0, 0.05) is 42.7 Å². The van der Waals surface area contributed by atoms with E-state index in [0.29, 0.717) is 35.0 Å². The van der Waals surface area contributed by atoms with Crippen LogP contribution in [0.25, 0.3) is 11.0 Å². The summed E-state index contributed by atoms with van der Waals surface area (Å²) in [5.74, 6) is -0.128. The fourth-order valence-corrected chi connectivity index (χ4v) is 5.15. The van der Waals surface area contributed by atoms with Gasteiger partial charge in [-0.2, -0.15) is 0 Å². The van der Waals surface area contributed by atoms with Gasteiger partial charge >= 0.3 is 5.63 Å². The van der Waals surface area contributed by atoms with E-state index in [-0.39, 0.29) is 18.4 Å². The lowest BCUT2D eigenvalue weighted by atomic mass is 9.95. The number of carbonyl (C=O) groups is 2. The summed E-state index contributed by atoms with van der Waals surface area (Å²) < 4.78 is 15.8. The van der Waals surface area contributed by atoms with Crippen LogP contribution in [0.4, 0.5) is 5.00 Å². The molecule has 1 aliphatic rings. The molecule has 0 saturated heterocycles. The van der Waals surface area contributed by atoms with E-state index in [1.54, 1.807) is 31.4 Å². The molecule has 2 aromatic heterocycles. The van der Waals surface area contributed by atoms with Crippen LogP contribution in [0.1, 0.15) is 40.1 Å². The molecule has 2 heterocycles. The molecule has 8 nitrogen and oxygen atoms in total. The Hall–Kier alpha value is -3.17. The first kappa shape index (κ1) is 23.0. The van der Waals surface area contributed by atoms with E-state index in [9.17, 15) is 14.4 Å². The van der Waals surface area contributed by atoms with Gasteiger partial charge in [0.05, 0.1) is 5.56 Å². The van der Waals surface area contributed by atoms with Crippen molar-refractivity contribution in [2.75, 3.05) is 32.2 Å². The van der Waals surface area contributed by atoms with Crippen LogP contribution in [0.3, 0.4) is 0 Å². The lowest BCUT2D eigenvalue weighted by molar-refractivity contribution is -0.118. The maximum atomic E-state index is 12.9. The molecule has 0 atom stereocenters. The van der Waals surface area contributed by atoms with Crippen molar-refractivity contribution in [1.29, 1.82) is 0 Å². The summed E-state index contributed by atoms with van der Waals surface area (Å²) in [5.41, 5.74) is 1.54. The van der Waals surface area contributed by atoms with Crippen LogP contribution in [0.5, 0.6) is 5.75 Å². The number of thiophene rings is 1. The second kappa shape index (κ2) is 10.6. The lowest BCUT2D eigenvalue weighted by Crippen LogP contribution is -2.28. The van der Waals surface area contributed by atoms with E-state index < -0.39 is 5.63 Å². The fourth-order valence-electron chi connectivity index (χ4n) is 3.84. The summed E-state index contributed by atoms with van der Waals surface area (Å²) in [6.45, 7) is 0.840. The third kappa shape index (κ3) is 5.61. The summed E-state index contributed by atoms with van der Waals surface area (Å²) >= 11 is 1.46. The van der Waals surface area contributed by atoms with Crippen molar-refractivity contribution in [3.05, 3.63) is 56.8 Å². The smallest absolute Gasteiger partial charge is 0.336 e. The average molecular weight is 471 g/mol. The molecule has 0 unspecified atom stereocenters. The van der Waals surface area contributed by atoms with E-state index in [2.05, 4.69) is 10.6 Å². The molecule has 2 amide bonds. The Balaban J connectivity index is 1.44. The van der Waals surface area contributed by atoms with Crippen LogP contribution in [0.2, 0.25) is 0 Å². The van der Waals surface area contributed by atoms with Crippen molar-refractivity contribution in [2.24, 2.45) is 0 Å². The predicted molar refractivity (Wildman–Crippen MR) is 126 cm³/mol.